The largest absolute Gasteiger partial charge is 0.447 e. The molecule has 0 spiro atoms. The second kappa shape index (κ2) is 4.97. The zero-order valence-electron chi connectivity index (χ0n) is 10.4. The molecule has 7 heteroatoms. The van der Waals surface area contributed by atoms with Crippen LogP contribution in [0.25, 0.3) is 10.8 Å². The van der Waals surface area contributed by atoms with E-state index in [2.05, 4.69) is 15.5 Å². The molecule has 0 aliphatic carbocycles. The van der Waals surface area contributed by atoms with Gasteiger partial charge < -0.3 is 4.74 Å². The third-order valence-corrected chi connectivity index (χ3v) is 2.41. The molecule has 19 heavy (non-hydrogen) atoms. The summed E-state index contributed by atoms with van der Waals surface area (Å²) < 4.78 is 4.92. The molecule has 0 saturated heterocycles. The molecular formula is C12H13N3O4. The van der Waals surface area contributed by atoms with Crippen molar-refractivity contribution in [2.75, 3.05) is 5.32 Å². The molecule has 0 aliphatic heterocycles. The number of anilines is 1. The van der Waals surface area contributed by atoms with Gasteiger partial charge in [-0.05, 0) is 26.0 Å². The first-order valence-corrected chi connectivity index (χ1v) is 5.70. The number of carbonyl (C=O) groups is 1. The molecule has 1 heterocycles. The van der Waals surface area contributed by atoms with Gasteiger partial charge in [0.15, 0.2) is 0 Å². The number of ether oxygens (including phenoxy) is 1. The molecule has 100 valence electrons. The fraction of sp³-hybridized carbons (Fsp3) is 0.250. The van der Waals surface area contributed by atoms with E-state index in [4.69, 9.17) is 4.74 Å². The average molecular weight is 263 g/mol. The molecular weight excluding hydrogens is 250 g/mol. The molecule has 0 atom stereocenters. The van der Waals surface area contributed by atoms with E-state index < -0.39 is 17.2 Å². The molecule has 0 radical (unpaired) electrons. The maximum Gasteiger partial charge on any atom is 0.411 e. The number of fused-ring (bicyclic) bond motifs is 1. The highest BCUT2D eigenvalue weighted by atomic mass is 16.6. The molecule has 0 unspecified atom stereocenters. The smallest absolute Gasteiger partial charge is 0.411 e. The van der Waals surface area contributed by atoms with Crippen molar-refractivity contribution in [3.8, 4) is 0 Å². The molecule has 2 rings (SSSR count). The lowest BCUT2D eigenvalue weighted by Gasteiger charge is -2.10. The van der Waals surface area contributed by atoms with Gasteiger partial charge in [-0.1, -0.05) is 6.07 Å². The van der Waals surface area contributed by atoms with Gasteiger partial charge in [-0.15, -0.1) is 0 Å². The van der Waals surface area contributed by atoms with Crippen LogP contribution in [0.3, 0.4) is 0 Å². The summed E-state index contributed by atoms with van der Waals surface area (Å²) in [7, 11) is 0. The number of nitrogens with one attached hydrogen (secondary N) is 3. The Morgan fingerprint density at radius 1 is 1.21 bits per heavy atom. The Bertz CT molecular complexity index is 730. The first kappa shape index (κ1) is 12.9. The lowest BCUT2D eigenvalue weighted by Crippen LogP contribution is -2.22. The Hall–Kier alpha value is -2.57. The summed E-state index contributed by atoms with van der Waals surface area (Å²) in [6, 6.07) is 4.60. The molecule has 1 aromatic heterocycles. The van der Waals surface area contributed by atoms with Gasteiger partial charge in [-0.25, -0.2) is 4.79 Å². The minimum atomic E-state index is -0.679. The van der Waals surface area contributed by atoms with E-state index in [0.717, 1.165) is 0 Å². The summed E-state index contributed by atoms with van der Waals surface area (Å²) in [6.07, 6.45) is -0.959. The Labute approximate surface area is 107 Å². The molecule has 0 bridgehead atoms. The van der Waals surface area contributed by atoms with E-state index >= 15 is 0 Å². The van der Waals surface area contributed by atoms with Crippen LogP contribution < -0.4 is 16.4 Å². The van der Waals surface area contributed by atoms with E-state index in [1.165, 1.54) is 12.1 Å². The highest BCUT2D eigenvalue weighted by Gasteiger charge is 2.12. The van der Waals surface area contributed by atoms with E-state index in [1.807, 2.05) is 0 Å². The number of benzene rings is 1. The van der Waals surface area contributed by atoms with Gasteiger partial charge in [0.25, 0.3) is 11.1 Å². The maximum atomic E-state index is 11.7. The Balaban J connectivity index is 2.50. The Kier molecular flexibility index (Phi) is 3.37. The molecule has 1 aromatic carbocycles. The highest BCUT2D eigenvalue weighted by Crippen LogP contribution is 2.16. The lowest BCUT2D eigenvalue weighted by molar-refractivity contribution is 0.130. The monoisotopic (exact) mass is 263 g/mol. The van der Waals surface area contributed by atoms with Gasteiger partial charge in [0.2, 0.25) is 0 Å². The Morgan fingerprint density at radius 3 is 2.58 bits per heavy atom. The van der Waals surface area contributed by atoms with Crippen LogP contribution in [0.2, 0.25) is 0 Å². The zero-order chi connectivity index (χ0) is 14.0. The van der Waals surface area contributed by atoms with Gasteiger partial charge in [-0.2, -0.15) is 0 Å². The van der Waals surface area contributed by atoms with Crippen LogP contribution in [0.15, 0.2) is 27.8 Å². The fourth-order valence-electron chi connectivity index (χ4n) is 1.69. The summed E-state index contributed by atoms with van der Waals surface area (Å²) in [6.45, 7) is 3.42. The van der Waals surface area contributed by atoms with Crippen molar-refractivity contribution in [2.24, 2.45) is 0 Å². The number of carbonyl (C=O) groups excluding carboxylic acids is 1. The molecule has 2 aromatic rings. The van der Waals surface area contributed by atoms with Gasteiger partial charge in [-0.3, -0.25) is 25.1 Å². The second-order valence-electron chi connectivity index (χ2n) is 4.22. The van der Waals surface area contributed by atoms with Gasteiger partial charge in [0.1, 0.15) is 0 Å². The zero-order valence-corrected chi connectivity index (χ0v) is 10.4. The highest BCUT2D eigenvalue weighted by molar-refractivity contribution is 5.99. The van der Waals surface area contributed by atoms with Crippen molar-refractivity contribution < 1.29 is 9.53 Å². The predicted molar refractivity (Wildman–Crippen MR) is 70.4 cm³/mol. The topological polar surface area (TPSA) is 104 Å². The van der Waals surface area contributed by atoms with Crippen LogP contribution in [0, 0.1) is 0 Å². The molecule has 1 amide bonds. The predicted octanol–water partition coefficient (Wildman–Crippen LogP) is 1.17. The number of hydrogen-bond donors (Lipinski definition) is 3. The second-order valence-corrected chi connectivity index (χ2v) is 4.22. The van der Waals surface area contributed by atoms with Crippen LogP contribution in [-0.4, -0.2) is 22.4 Å². The standard InChI is InChI=1S/C12H13N3O4/c1-6(2)19-12(18)13-8-5-3-4-7-9(8)11(17)15-14-10(7)16/h3-6H,1-2H3,(H,13,18)(H,14,16)(H,15,17). The summed E-state index contributed by atoms with van der Waals surface area (Å²) in [4.78, 5) is 34.8. The van der Waals surface area contributed by atoms with Crippen LogP contribution in [0.4, 0.5) is 10.5 Å². The molecule has 7 nitrogen and oxygen atoms in total. The summed E-state index contributed by atoms with van der Waals surface area (Å²) in [5, 5.41) is 7.20. The average Bonchev–Trinajstić information content (AvgIpc) is 2.33. The van der Waals surface area contributed by atoms with E-state index in [1.54, 1.807) is 19.9 Å². The minimum absolute atomic E-state index is 0.118. The number of hydrogen-bond acceptors (Lipinski definition) is 4. The van der Waals surface area contributed by atoms with Crippen LogP contribution in [0.5, 0.6) is 0 Å². The van der Waals surface area contributed by atoms with Crippen molar-refractivity contribution in [3.63, 3.8) is 0 Å². The third-order valence-electron chi connectivity index (χ3n) is 2.41. The normalized spacial score (nSPS) is 10.7. The minimum Gasteiger partial charge on any atom is -0.447 e. The number of aromatic nitrogens is 2. The van der Waals surface area contributed by atoms with Gasteiger partial charge in [0, 0.05) is 0 Å². The maximum absolute atomic E-state index is 11.7. The van der Waals surface area contributed by atoms with Crippen molar-refractivity contribution in [3.05, 3.63) is 38.9 Å². The number of aromatic amines is 2. The lowest BCUT2D eigenvalue weighted by atomic mass is 10.1. The van der Waals surface area contributed by atoms with E-state index in [0.29, 0.717) is 0 Å². The summed E-state index contributed by atoms with van der Waals surface area (Å²) in [5.41, 5.74) is -0.693. The van der Waals surface area contributed by atoms with Crippen molar-refractivity contribution in [1.82, 2.24) is 10.2 Å². The van der Waals surface area contributed by atoms with Crippen LogP contribution in [0.1, 0.15) is 13.8 Å². The first-order chi connectivity index (χ1) is 8.99. The number of rotatable bonds is 2. The molecule has 3 N–H and O–H groups in total. The number of amides is 1. The van der Waals surface area contributed by atoms with Crippen molar-refractivity contribution in [2.45, 2.75) is 20.0 Å². The van der Waals surface area contributed by atoms with E-state index in [-0.39, 0.29) is 22.6 Å². The van der Waals surface area contributed by atoms with E-state index in [9.17, 15) is 14.4 Å². The van der Waals surface area contributed by atoms with Crippen LogP contribution in [-0.2, 0) is 4.74 Å². The molecule has 0 fully saturated rings. The summed E-state index contributed by atoms with van der Waals surface area (Å²) in [5.74, 6) is 0. The van der Waals surface area contributed by atoms with Gasteiger partial charge >= 0.3 is 6.09 Å². The van der Waals surface area contributed by atoms with Gasteiger partial charge in [0.05, 0.1) is 22.6 Å². The Morgan fingerprint density at radius 2 is 1.89 bits per heavy atom. The third kappa shape index (κ3) is 2.65. The first-order valence-electron chi connectivity index (χ1n) is 5.70. The van der Waals surface area contributed by atoms with Crippen LogP contribution >= 0.6 is 0 Å². The molecule has 0 saturated carbocycles. The quantitative estimate of drug-likeness (QED) is 0.756. The molecule has 0 aliphatic rings. The fourth-order valence-corrected chi connectivity index (χ4v) is 1.69. The SMILES string of the molecule is CC(C)OC(=O)Nc1cccc2c(=O)[nH][nH]c(=O)c12. The van der Waals surface area contributed by atoms with Crippen molar-refractivity contribution in [1.29, 1.82) is 0 Å². The summed E-state index contributed by atoms with van der Waals surface area (Å²) >= 11 is 0. The number of H-pyrrole nitrogens is 2. The van der Waals surface area contributed by atoms with Crippen molar-refractivity contribution >= 4 is 22.6 Å².